The van der Waals surface area contributed by atoms with Crippen molar-refractivity contribution in [2.45, 2.75) is 6.61 Å². The van der Waals surface area contributed by atoms with Gasteiger partial charge in [-0.3, -0.25) is 10.1 Å². The number of methoxy groups -OCH3 is 1. The van der Waals surface area contributed by atoms with E-state index in [9.17, 15) is 14.9 Å². The van der Waals surface area contributed by atoms with Gasteiger partial charge in [-0.15, -0.1) is 0 Å². The molecule has 8 nitrogen and oxygen atoms in total. The Hall–Kier alpha value is -3.44. The molecule has 0 unspecified atom stereocenters. The summed E-state index contributed by atoms with van der Waals surface area (Å²) in [5.41, 5.74) is 1.46. The van der Waals surface area contributed by atoms with Gasteiger partial charge < -0.3 is 14.2 Å². The number of rotatable bonds is 7. The van der Waals surface area contributed by atoms with Crippen LogP contribution in [0.25, 0.3) is 6.08 Å². The highest BCUT2D eigenvalue weighted by molar-refractivity contribution is 14.1. The molecule has 0 spiro atoms. The Kier molecular flexibility index (Phi) is 7.13. The van der Waals surface area contributed by atoms with E-state index in [2.05, 4.69) is 27.6 Å². The van der Waals surface area contributed by atoms with Crippen molar-refractivity contribution >= 4 is 57.8 Å². The van der Waals surface area contributed by atoms with Crippen LogP contribution in [0.5, 0.6) is 11.5 Å². The minimum Gasteiger partial charge on any atom is -0.493 e. The first-order chi connectivity index (χ1) is 16.4. The summed E-state index contributed by atoms with van der Waals surface area (Å²) >= 11 is 8.39. The quantitative estimate of drug-likeness (QED) is 0.114. The van der Waals surface area contributed by atoms with Crippen LogP contribution < -0.4 is 9.47 Å². The molecule has 3 aromatic rings. The summed E-state index contributed by atoms with van der Waals surface area (Å²) in [5.74, 6) is 0.0802. The number of esters is 1. The molecule has 0 amide bonds. The Morgan fingerprint density at radius 1 is 1.18 bits per heavy atom. The highest BCUT2D eigenvalue weighted by Crippen LogP contribution is 2.35. The Morgan fingerprint density at radius 3 is 2.71 bits per heavy atom. The molecule has 1 heterocycles. The topological polar surface area (TPSA) is 100 Å². The highest BCUT2D eigenvalue weighted by atomic mass is 127. The van der Waals surface area contributed by atoms with Crippen LogP contribution in [0.2, 0.25) is 5.02 Å². The maximum Gasteiger partial charge on any atom is 0.363 e. The first-order valence-corrected chi connectivity index (χ1v) is 11.3. The van der Waals surface area contributed by atoms with Crippen LogP contribution in [0.15, 0.2) is 71.4 Å². The van der Waals surface area contributed by atoms with E-state index in [-0.39, 0.29) is 34.5 Å². The lowest BCUT2D eigenvalue weighted by atomic mass is 10.1. The fraction of sp³-hybridized carbons (Fsp3) is 0.0833. The molecule has 0 atom stereocenters. The van der Waals surface area contributed by atoms with Crippen molar-refractivity contribution in [3.63, 3.8) is 0 Å². The third-order valence-corrected chi connectivity index (χ3v) is 5.81. The average Bonchev–Trinajstić information content (AvgIpc) is 3.18. The molecule has 0 bridgehead atoms. The number of nitrogens with zero attached hydrogens (tertiary/aromatic N) is 2. The molecule has 0 aliphatic carbocycles. The van der Waals surface area contributed by atoms with E-state index < -0.39 is 10.9 Å². The third kappa shape index (κ3) is 5.20. The van der Waals surface area contributed by atoms with Crippen molar-refractivity contribution in [3.05, 3.63) is 102 Å². The van der Waals surface area contributed by atoms with E-state index in [1.807, 2.05) is 24.3 Å². The second kappa shape index (κ2) is 10.2. The predicted molar refractivity (Wildman–Crippen MR) is 135 cm³/mol. The van der Waals surface area contributed by atoms with Crippen LogP contribution in [0.4, 0.5) is 5.69 Å². The van der Waals surface area contributed by atoms with Gasteiger partial charge in [-0.1, -0.05) is 35.9 Å². The van der Waals surface area contributed by atoms with Gasteiger partial charge in [0.15, 0.2) is 17.2 Å². The number of nitro benzene ring substituents is 1. The van der Waals surface area contributed by atoms with Crippen molar-refractivity contribution in [2.24, 2.45) is 4.99 Å². The number of non-ortho nitro benzene ring substituents is 1. The molecule has 0 aromatic heterocycles. The fourth-order valence-electron chi connectivity index (χ4n) is 3.21. The number of benzene rings is 3. The van der Waals surface area contributed by atoms with Crippen LogP contribution in [0.3, 0.4) is 0 Å². The minimum atomic E-state index is -0.719. The Bertz CT molecular complexity index is 1360. The number of ether oxygens (including phenoxy) is 3. The molecular formula is C24H16ClIN2O6. The van der Waals surface area contributed by atoms with Gasteiger partial charge in [0, 0.05) is 21.3 Å². The van der Waals surface area contributed by atoms with Crippen molar-refractivity contribution in [3.8, 4) is 11.5 Å². The molecule has 0 fully saturated rings. The van der Waals surface area contributed by atoms with E-state index in [0.717, 1.165) is 9.13 Å². The van der Waals surface area contributed by atoms with E-state index >= 15 is 0 Å². The summed E-state index contributed by atoms with van der Waals surface area (Å²) in [6, 6.07) is 16.9. The smallest absolute Gasteiger partial charge is 0.363 e. The van der Waals surface area contributed by atoms with Crippen LogP contribution in [0.1, 0.15) is 16.7 Å². The molecule has 1 aliphatic heterocycles. The molecule has 1 aliphatic rings. The second-order valence-corrected chi connectivity index (χ2v) is 8.71. The lowest BCUT2D eigenvalue weighted by Crippen LogP contribution is -2.06. The molecule has 4 rings (SSSR count). The molecule has 0 radical (unpaired) electrons. The maximum absolute atomic E-state index is 12.5. The first-order valence-electron chi connectivity index (χ1n) is 9.87. The monoisotopic (exact) mass is 590 g/mol. The highest BCUT2D eigenvalue weighted by Gasteiger charge is 2.27. The summed E-state index contributed by atoms with van der Waals surface area (Å²) in [6.45, 7) is 0.287. The molecule has 3 aromatic carbocycles. The average molecular weight is 591 g/mol. The zero-order chi connectivity index (χ0) is 24.2. The summed E-state index contributed by atoms with van der Waals surface area (Å²) < 4.78 is 17.8. The standard InChI is InChI=1S/C24H16ClIN2O6/c1-32-21-7-3-5-15(22(21)33-13-14-4-2-6-16(26)10-14)11-20-24(29)34-23(27-20)18-12-17(28(30)31)8-9-19(18)25/h2-12H,13H2,1H3/b20-11-. The van der Waals surface area contributed by atoms with Crippen molar-refractivity contribution in [2.75, 3.05) is 7.11 Å². The Balaban J connectivity index is 1.68. The second-order valence-electron chi connectivity index (χ2n) is 7.05. The van der Waals surface area contributed by atoms with Gasteiger partial charge in [0.1, 0.15) is 6.61 Å². The maximum atomic E-state index is 12.5. The number of cyclic esters (lactones) is 1. The van der Waals surface area contributed by atoms with Crippen LogP contribution in [-0.4, -0.2) is 23.9 Å². The molecule has 172 valence electrons. The molecule has 10 heteroatoms. The lowest BCUT2D eigenvalue weighted by Gasteiger charge is -2.13. The van der Waals surface area contributed by atoms with Gasteiger partial charge in [0.05, 0.1) is 22.6 Å². The van der Waals surface area contributed by atoms with Crippen LogP contribution in [0, 0.1) is 13.7 Å². The molecule has 0 saturated heterocycles. The number of hydrogen-bond acceptors (Lipinski definition) is 7. The molecule has 0 saturated carbocycles. The van der Waals surface area contributed by atoms with Gasteiger partial charge in [-0.05, 0) is 58.5 Å². The van der Waals surface area contributed by atoms with Crippen LogP contribution in [-0.2, 0) is 16.1 Å². The summed E-state index contributed by atoms with van der Waals surface area (Å²) in [7, 11) is 1.52. The van der Waals surface area contributed by atoms with E-state index in [1.165, 1.54) is 31.4 Å². The van der Waals surface area contributed by atoms with Gasteiger partial charge in [0.25, 0.3) is 5.69 Å². The number of nitro groups is 1. The number of hydrogen-bond donors (Lipinski definition) is 0. The fourth-order valence-corrected chi connectivity index (χ4v) is 4.01. The third-order valence-electron chi connectivity index (χ3n) is 4.81. The summed E-state index contributed by atoms with van der Waals surface area (Å²) in [4.78, 5) is 27.3. The zero-order valence-corrected chi connectivity index (χ0v) is 20.6. The van der Waals surface area contributed by atoms with E-state index in [1.54, 1.807) is 18.2 Å². The van der Waals surface area contributed by atoms with Crippen molar-refractivity contribution in [1.29, 1.82) is 0 Å². The van der Waals surface area contributed by atoms with Crippen molar-refractivity contribution in [1.82, 2.24) is 0 Å². The molecular weight excluding hydrogens is 575 g/mol. The summed E-state index contributed by atoms with van der Waals surface area (Å²) in [6.07, 6.45) is 1.51. The SMILES string of the molecule is COc1cccc(/C=C2\N=C(c3cc([N+](=O)[O-])ccc3Cl)OC2=O)c1OCc1cccc(I)c1. The summed E-state index contributed by atoms with van der Waals surface area (Å²) in [5, 5.41) is 11.3. The minimum absolute atomic E-state index is 0.00932. The molecule has 0 N–H and O–H groups in total. The number of para-hydroxylation sites is 1. The normalized spacial score (nSPS) is 14.0. The zero-order valence-electron chi connectivity index (χ0n) is 17.7. The van der Waals surface area contributed by atoms with Gasteiger partial charge in [-0.25, -0.2) is 9.79 Å². The lowest BCUT2D eigenvalue weighted by molar-refractivity contribution is -0.384. The Morgan fingerprint density at radius 2 is 1.97 bits per heavy atom. The Labute approximate surface area is 213 Å². The number of carbonyl (C=O) groups excluding carboxylic acids is 1. The molecule has 34 heavy (non-hydrogen) atoms. The number of carbonyl (C=O) groups is 1. The number of halogens is 2. The van der Waals surface area contributed by atoms with Gasteiger partial charge in [-0.2, -0.15) is 0 Å². The van der Waals surface area contributed by atoms with Gasteiger partial charge in [0.2, 0.25) is 5.90 Å². The van der Waals surface area contributed by atoms with Crippen molar-refractivity contribution < 1.29 is 23.9 Å². The number of aliphatic imine (C=N–C) groups is 1. The largest absolute Gasteiger partial charge is 0.493 e. The van der Waals surface area contributed by atoms with E-state index in [4.69, 9.17) is 25.8 Å². The predicted octanol–water partition coefficient (Wildman–Crippen LogP) is 5.78. The van der Waals surface area contributed by atoms with Gasteiger partial charge >= 0.3 is 5.97 Å². The first kappa shape index (κ1) is 23.7. The van der Waals surface area contributed by atoms with Crippen LogP contribution >= 0.6 is 34.2 Å². The van der Waals surface area contributed by atoms with E-state index in [0.29, 0.717) is 17.1 Å².